The fraction of sp³-hybridized carbons (Fsp3) is 0.483. The van der Waals surface area contributed by atoms with Crippen LogP contribution in [0.2, 0.25) is 5.02 Å². The number of hydrogen-bond acceptors (Lipinski definition) is 5. The molecule has 3 fully saturated rings. The number of carbonyl (C=O) groups is 3. The Morgan fingerprint density at radius 1 is 1.18 bits per heavy atom. The van der Waals surface area contributed by atoms with Crippen LogP contribution in [0, 0.1) is 17.8 Å². The van der Waals surface area contributed by atoms with Crippen molar-refractivity contribution in [2.45, 2.75) is 61.8 Å². The number of aliphatic hydroxyl groups is 1. The Balaban J connectivity index is 1.52. The van der Waals surface area contributed by atoms with Crippen LogP contribution < -0.4 is 10.6 Å². The topological polar surface area (TPSA) is 108 Å². The summed E-state index contributed by atoms with van der Waals surface area (Å²) in [5.41, 5.74) is 0.130. The number of ether oxygens (including phenoxy) is 1. The van der Waals surface area contributed by atoms with Gasteiger partial charge in [-0.1, -0.05) is 90.3 Å². The SMILES string of the molecule is CC[C@H](C)[C@H](CO)N1C(=O)[C@@H]2[C@H](C(=O)NCc3ccccc3)[C@H]3OC2(CC3Br)C1C(=O)Nc1ccccc1Cl. The van der Waals surface area contributed by atoms with Crippen molar-refractivity contribution in [3.63, 3.8) is 0 Å². The van der Waals surface area contributed by atoms with Gasteiger partial charge in [-0.05, 0) is 30.0 Å². The van der Waals surface area contributed by atoms with Gasteiger partial charge in [0.05, 0.1) is 41.3 Å². The second-order valence-corrected chi connectivity index (χ2v) is 12.3. The quantitative estimate of drug-likeness (QED) is 0.371. The molecule has 2 aromatic carbocycles. The second kappa shape index (κ2) is 11.2. The number of alkyl halides is 1. The second-order valence-electron chi connectivity index (χ2n) is 10.7. The average Bonchev–Trinajstić information content (AvgIpc) is 3.53. The van der Waals surface area contributed by atoms with Gasteiger partial charge in [-0.3, -0.25) is 14.4 Å². The molecular weight excluding hydrogens is 586 g/mol. The predicted molar refractivity (Wildman–Crippen MR) is 151 cm³/mol. The maximum atomic E-state index is 14.3. The Morgan fingerprint density at radius 2 is 1.87 bits per heavy atom. The van der Waals surface area contributed by atoms with Crippen LogP contribution in [-0.2, 0) is 25.7 Å². The number of amides is 3. The predicted octanol–water partition coefficient (Wildman–Crippen LogP) is 3.75. The van der Waals surface area contributed by atoms with Crippen LogP contribution in [0.4, 0.5) is 5.69 Å². The van der Waals surface area contributed by atoms with Crippen molar-refractivity contribution in [2.75, 3.05) is 11.9 Å². The summed E-state index contributed by atoms with van der Waals surface area (Å²) in [6.07, 6.45) is 0.507. The molecule has 3 N–H and O–H groups in total. The van der Waals surface area contributed by atoms with Crippen molar-refractivity contribution in [1.82, 2.24) is 10.2 Å². The Bertz CT molecular complexity index is 1250. The van der Waals surface area contributed by atoms with Crippen LogP contribution in [0.3, 0.4) is 0 Å². The van der Waals surface area contributed by atoms with Crippen molar-refractivity contribution < 1.29 is 24.2 Å². The number of fused-ring (bicyclic) bond motifs is 1. The molecule has 0 aliphatic carbocycles. The van der Waals surface area contributed by atoms with Gasteiger partial charge in [0.15, 0.2) is 0 Å². The fourth-order valence-corrected chi connectivity index (χ4v) is 7.63. The summed E-state index contributed by atoms with van der Waals surface area (Å²) in [7, 11) is 0. The number of nitrogens with zero attached hydrogens (tertiary/aromatic N) is 1. The number of rotatable bonds is 9. The molecule has 3 aliphatic heterocycles. The average molecular weight is 619 g/mol. The minimum Gasteiger partial charge on any atom is -0.394 e. The summed E-state index contributed by atoms with van der Waals surface area (Å²) in [5.74, 6) is -2.80. The number of benzene rings is 2. The largest absolute Gasteiger partial charge is 0.394 e. The van der Waals surface area contributed by atoms with Crippen molar-refractivity contribution in [3.05, 3.63) is 65.2 Å². The van der Waals surface area contributed by atoms with Gasteiger partial charge in [0, 0.05) is 11.4 Å². The zero-order chi connectivity index (χ0) is 27.9. The fourth-order valence-electron chi connectivity index (χ4n) is 6.50. The van der Waals surface area contributed by atoms with E-state index >= 15 is 0 Å². The van der Waals surface area contributed by atoms with Gasteiger partial charge in [0.1, 0.15) is 11.6 Å². The molecule has 3 unspecified atom stereocenters. The minimum atomic E-state index is -1.23. The first-order valence-corrected chi connectivity index (χ1v) is 14.6. The van der Waals surface area contributed by atoms with Gasteiger partial charge in [-0.15, -0.1) is 0 Å². The van der Waals surface area contributed by atoms with Crippen LogP contribution >= 0.6 is 27.5 Å². The van der Waals surface area contributed by atoms with E-state index < -0.39 is 41.5 Å². The highest BCUT2D eigenvalue weighted by atomic mass is 79.9. The summed E-state index contributed by atoms with van der Waals surface area (Å²) in [6, 6.07) is 14.8. The lowest BCUT2D eigenvalue weighted by Gasteiger charge is -2.38. The van der Waals surface area contributed by atoms with Crippen molar-refractivity contribution in [3.8, 4) is 0 Å². The molecule has 2 bridgehead atoms. The number of aliphatic hydroxyl groups excluding tert-OH is 1. The summed E-state index contributed by atoms with van der Waals surface area (Å²) in [4.78, 5) is 43.2. The third-order valence-electron chi connectivity index (χ3n) is 8.56. The lowest BCUT2D eigenvalue weighted by molar-refractivity contribution is -0.145. The molecule has 0 aromatic heterocycles. The maximum Gasteiger partial charge on any atom is 0.250 e. The Labute approximate surface area is 241 Å². The van der Waals surface area contributed by atoms with Crippen molar-refractivity contribution in [1.29, 1.82) is 0 Å². The van der Waals surface area contributed by atoms with Gasteiger partial charge in [-0.2, -0.15) is 0 Å². The molecule has 5 rings (SSSR count). The number of carbonyl (C=O) groups excluding carboxylic acids is 3. The van der Waals surface area contributed by atoms with Crippen LogP contribution in [0.15, 0.2) is 54.6 Å². The van der Waals surface area contributed by atoms with E-state index in [4.69, 9.17) is 16.3 Å². The van der Waals surface area contributed by atoms with E-state index in [1.807, 2.05) is 44.2 Å². The first-order valence-electron chi connectivity index (χ1n) is 13.4. The summed E-state index contributed by atoms with van der Waals surface area (Å²) >= 11 is 10.0. The monoisotopic (exact) mass is 617 g/mol. The third kappa shape index (κ3) is 4.77. The molecule has 2 aromatic rings. The zero-order valence-corrected chi connectivity index (χ0v) is 24.2. The molecule has 10 heteroatoms. The van der Waals surface area contributed by atoms with E-state index in [1.165, 1.54) is 4.90 Å². The van der Waals surface area contributed by atoms with Crippen LogP contribution in [-0.4, -0.2) is 63.0 Å². The maximum absolute atomic E-state index is 14.3. The van der Waals surface area contributed by atoms with Gasteiger partial charge in [0.25, 0.3) is 0 Å². The molecule has 0 radical (unpaired) electrons. The Kier molecular flexibility index (Phi) is 8.06. The highest BCUT2D eigenvalue weighted by Crippen LogP contribution is 2.60. The third-order valence-corrected chi connectivity index (χ3v) is 9.74. The molecule has 3 saturated heterocycles. The molecule has 8 nitrogen and oxygen atoms in total. The minimum absolute atomic E-state index is 0.0906. The first kappa shape index (κ1) is 28.1. The lowest BCUT2D eigenvalue weighted by Crippen LogP contribution is -2.57. The highest BCUT2D eigenvalue weighted by Gasteiger charge is 2.77. The van der Waals surface area contributed by atoms with Crippen LogP contribution in [0.25, 0.3) is 0 Å². The molecule has 8 atom stereocenters. The number of halogens is 2. The van der Waals surface area contributed by atoms with E-state index in [0.717, 1.165) is 5.56 Å². The summed E-state index contributed by atoms with van der Waals surface area (Å²) in [5, 5.41) is 16.7. The molecule has 3 amide bonds. The Hall–Kier alpha value is -2.46. The summed E-state index contributed by atoms with van der Waals surface area (Å²) < 4.78 is 6.55. The molecular formula is C29H33BrClN3O5. The van der Waals surface area contributed by atoms with Gasteiger partial charge < -0.3 is 25.4 Å². The van der Waals surface area contributed by atoms with Gasteiger partial charge in [0.2, 0.25) is 17.7 Å². The number of nitrogens with one attached hydrogen (secondary N) is 2. The normalized spacial score (nSPS) is 30.6. The van der Waals surface area contributed by atoms with Crippen molar-refractivity contribution >= 4 is 50.9 Å². The molecule has 1 spiro atoms. The van der Waals surface area contributed by atoms with Gasteiger partial charge >= 0.3 is 0 Å². The molecule has 39 heavy (non-hydrogen) atoms. The van der Waals surface area contributed by atoms with E-state index in [0.29, 0.717) is 30.1 Å². The lowest BCUT2D eigenvalue weighted by atomic mass is 9.70. The van der Waals surface area contributed by atoms with E-state index in [2.05, 4.69) is 26.6 Å². The van der Waals surface area contributed by atoms with Crippen LogP contribution in [0.1, 0.15) is 32.3 Å². The molecule has 3 heterocycles. The van der Waals surface area contributed by atoms with E-state index in [-0.39, 0.29) is 29.2 Å². The molecule has 3 aliphatic rings. The Morgan fingerprint density at radius 3 is 2.54 bits per heavy atom. The number of para-hydroxylation sites is 1. The number of likely N-dealkylation sites (tertiary alicyclic amines) is 1. The first-order chi connectivity index (χ1) is 18.7. The van der Waals surface area contributed by atoms with E-state index in [9.17, 15) is 19.5 Å². The molecule has 208 valence electrons. The number of anilines is 1. The highest BCUT2D eigenvalue weighted by molar-refractivity contribution is 9.09. The number of hydrogen-bond donors (Lipinski definition) is 3. The zero-order valence-electron chi connectivity index (χ0n) is 21.8. The standard InChI is InChI=1S/C29H33BrClN3O5/c1-3-16(2)21(15-35)34-25(27(37)33-20-12-8-7-11-19(20)31)29-13-18(30)24(39-29)22(23(29)28(34)38)26(36)32-14-17-9-5-4-6-10-17/h4-12,16,18,21-25,35H,3,13-15H2,1-2H3,(H,32,36)(H,33,37)/t16-,18?,21-,22-,23-,24-,25?,29?/m0/s1. The van der Waals surface area contributed by atoms with E-state index in [1.54, 1.807) is 24.3 Å². The smallest absolute Gasteiger partial charge is 0.250 e. The van der Waals surface area contributed by atoms with Crippen molar-refractivity contribution in [2.24, 2.45) is 17.8 Å². The molecule has 0 saturated carbocycles. The van der Waals surface area contributed by atoms with Crippen LogP contribution in [0.5, 0.6) is 0 Å². The summed E-state index contributed by atoms with van der Waals surface area (Å²) in [6.45, 7) is 3.92. The van der Waals surface area contributed by atoms with Gasteiger partial charge in [-0.25, -0.2) is 0 Å².